The van der Waals surface area contributed by atoms with E-state index in [1.165, 1.54) is 12.1 Å². The number of aromatic nitrogens is 1. The molecule has 1 heterocycles. The molecule has 0 aliphatic heterocycles. The second-order valence-corrected chi connectivity index (χ2v) is 7.59. The maximum atomic E-state index is 11.0. The zero-order valence-electron chi connectivity index (χ0n) is 16.8. The zero-order valence-corrected chi connectivity index (χ0v) is 18.3. The lowest BCUT2D eigenvalue weighted by Crippen LogP contribution is -2.07. The SMILES string of the molecule is CCCc1c(OCCCOc2c(Cl)cc(C(=O)O)cc2Cl)ccc2c(CC)noc12. The fourth-order valence-electron chi connectivity index (χ4n) is 3.20. The number of carboxylic acids is 1. The summed E-state index contributed by atoms with van der Waals surface area (Å²) in [5, 5.41) is 14.6. The average molecular weight is 452 g/mol. The lowest BCUT2D eigenvalue weighted by molar-refractivity contribution is 0.0697. The van der Waals surface area contributed by atoms with Gasteiger partial charge in [0.05, 0.1) is 34.5 Å². The Morgan fingerprint density at radius 1 is 1.13 bits per heavy atom. The molecule has 8 heteroatoms. The van der Waals surface area contributed by atoms with E-state index in [0.29, 0.717) is 19.6 Å². The first kappa shape index (κ1) is 22.2. The third kappa shape index (κ3) is 4.82. The Balaban J connectivity index is 1.61. The molecular weight excluding hydrogens is 429 g/mol. The van der Waals surface area contributed by atoms with E-state index in [9.17, 15) is 4.79 Å². The first-order valence-electron chi connectivity index (χ1n) is 9.84. The molecule has 0 saturated heterocycles. The Bertz CT molecular complexity index is 1020. The summed E-state index contributed by atoms with van der Waals surface area (Å²) in [6.07, 6.45) is 3.20. The molecule has 0 atom stereocenters. The van der Waals surface area contributed by atoms with Gasteiger partial charge in [-0.05, 0) is 37.1 Å². The molecule has 0 bridgehead atoms. The maximum Gasteiger partial charge on any atom is 0.335 e. The largest absolute Gasteiger partial charge is 0.493 e. The zero-order chi connectivity index (χ0) is 21.7. The van der Waals surface area contributed by atoms with Gasteiger partial charge in [-0.25, -0.2) is 4.79 Å². The molecule has 3 aromatic rings. The number of halogens is 2. The van der Waals surface area contributed by atoms with Crippen LogP contribution in [0.3, 0.4) is 0 Å². The normalized spacial score (nSPS) is 11.1. The summed E-state index contributed by atoms with van der Waals surface area (Å²) in [4.78, 5) is 11.0. The number of carboxylic acid groups (broad SMARTS) is 1. The summed E-state index contributed by atoms with van der Waals surface area (Å²) in [5.41, 5.74) is 2.78. The average Bonchev–Trinajstić information content (AvgIpc) is 3.14. The maximum absolute atomic E-state index is 11.0. The smallest absolute Gasteiger partial charge is 0.335 e. The van der Waals surface area contributed by atoms with E-state index in [1.807, 2.05) is 12.1 Å². The van der Waals surface area contributed by atoms with Crippen LogP contribution < -0.4 is 9.47 Å². The van der Waals surface area contributed by atoms with E-state index < -0.39 is 5.97 Å². The molecule has 6 nitrogen and oxygen atoms in total. The Kier molecular flexibility index (Phi) is 7.45. The predicted molar refractivity (Wildman–Crippen MR) is 116 cm³/mol. The molecule has 0 aliphatic rings. The van der Waals surface area contributed by atoms with Gasteiger partial charge >= 0.3 is 5.97 Å². The molecular formula is C22H23Cl2NO5. The Morgan fingerprint density at radius 2 is 1.83 bits per heavy atom. The number of benzene rings is 2. The van der Waals surface area contributed by atoms with Crippen molar-refractivity contribution < 1.29 is 23.9 Å². The van der Waals surface area contributed by atoms with E-state index in [2.05, 4.69) is 19.0 Å². The van der Waals surface area contributed by atoms with E-state index >= 15 is 0 Å². The summed E-state index contributed by atoms with van der Waals surface area (Å²) in [6.45, 7) is 4.91. The van der Waals surface area contributed by atoms with Crippen LogP contribution in [0.15, 0.2) is 28.8 Å². The number of aryl methyl sites for hydroxylation is 2. The van der Waals surface area contributed by atoms with Crippen molar-refractivity contribution in [1.29, 1.82) is 0 Å². The highest BCUT2D eigenvalue weighted by Crippen LogP contribution is 2.35. The first-order chi connectivity index (χ1) is 14.5. The van der Waals surface area contributed by atoms with Crippen molar-refractivity contribution >= 4 is 40.1 Å². The molecule has 0 saturated carbocycles. The van der Waals surface area contributed by atoms with Gasteiger partial charge in [0.25, 0.3) is 0 Å². The number of ether oxygens (including phenoxy) is 2. The highest BCUT2D eigenvalue weighted by molar-refractivity contribution is 6.37. The molecule has 1 aromatic heterocycles. The summed E-state index contributed by atoms with van der Waals surface area (Å²) < 4.78 is 17.2. The number of hydrogen-bond acceptors (Lipinski definition) is 5. The molecule has 160 valence electrons. The van der Waals surface area contributed by atoms with E-state index in [0.717, 1.165) is 47.2 Å². The van der Waals surface area contributed by atoms with Gasteiger partial charge in [0, 0.05) is 17.4 Å². The van der Waals surface area contributed by atoms with Gasteiger partial charge in [-0.15, -0.1) is 0 Å². The van der Waals surface area contributed by atoms with Crippen LogP contribution in [-0.2, 0) is 12.8 Å². The highest BCUT2D eigenvalue weighted by Gasteiger charge is 2.16. The molecule has 30 heavy (non-hydrogen) atoms. The number of carbonyl (C=O) groups is 1. The summed E-state index contributed by atoms with van der Waals surface area (Å²) in [5.74, 6) is -0.0494. The van der Waals surface area contributed by atoms with Gasteiger partial charge < -0.3 is 19.1 Å². The fourth-order valence-corrected chi connectivity index (χ4v) is 3.80. The van der Waals surface area contributed by atoms with Crippen LogP contribution in [0.2, 0.25) is 10.0 Å². The third-order valence-electron chi connectivity index (χ3n) is 4.65. The van der Waals surface area contributed by atoms with Crippen LogP contribution in [-0.4, -0.2) is 29.4 Å². The van der Waals surface area contributed by atoms with Crippen LogP contribution in [0.1, 0.15) is 48.3 Å². The van der Waals surface area contributed by atoms with E-state index in [1.54, 1.807) is 0 Å². The number of nitrogens with zero attached hydrogens (tertiary/aromatic N) is 1. The lowest BCUT2D eigenvalue weighted by atomic mass is 10.0. The quantitative estimate of drug-likeness (QED) is 0.369. The van der Waals surface area contributed by atoms with Crippen molar-refractivity contribution in [2.75, 3.05) is 13.2 Å². The molecule has 3 rings (SSSR count). The van der Waals surface area contributed by atoms with Crippen molar-refractivity contribution in [3.8, 4) is 11.5 Å². The van der Waals surface area contributed by atoms with Crippen LogP contribution in [0.4, 0.5) is 0 Å². The minimum Gasteiger partial charge on any atom is -0.493 e. The molecule has 2 aromatic carbocycles. The Hall–Kier alpha value is -2.44. The third-order valence-corrected chi connectivity index (χ3v) is 5.21. The molecule has 0 aliphatic carbocycles. The second kappa shape index (κ2) is 10.0. The topological polar surface area (TPSA) is 81.8 Å². The molecule has 0 spiro atoms. The molecule has 0 amide bonds. The van der Waals surface area contributed by atoms with Gasteiger partial charge in [-0.3, -0.25) is 0 Å². The van der Waals surface area contributed by atoms with E-state index in [4.69, 9.17) is 42.3 Å². The van der Waals surface area contributed by atoms with Gasteiger partial charge in [-0.2, -0.15) is 0 Å². The van der Waals surface area contributed by atoms with Crippen molar-refractivity contribution in [2.24, 2.45) is 0 Å². The van der Waals surface area contributed by atoms with E-state index in [-0.39, 0.29) is 21.4 Å². The minimum atomic E-state index is -1.10. The number of hydrogen-bond donors (Lipinski definition) is 1. The van der Waals surface area contributed by atoms with Crippen LogP contribution in [0.5, 0.6) is 11.5 Å². The standard InChI is InChI=1S/C22H23Cl2NO5/c1-3-6-15-19(8-7-14-18(4-2)25-30-20(14)15)28-9-5-10-29-21-16(23)11-13(22(26)27)12-17(21)24/h7-8,11-12H,3-6,9-10H2,1-2H3,(H,26,27). The second-order valence-electron chi connectivity index (χ2n) is 6.78. The van der Waals surface area contributed by atoms with Gasteiger partial charge in [0.1, 0.15) is 5.75 Å². The summed E-state index contributed by atoms with van der Waals surface area (Å²) in [6, 6.07) is 6.58. The number of rotatable bonds is 10. The van der Waals surface area contributed by atoms with Crippen LogP contribution >= 0.6 is 23.2 Å². The minimum absolute atomic E-state index is 0.0122. The van der Waals surface area contributed by atoms with Crippen molar-refractivity contribution in [1.82, 2.24) is 5.16 Å². The van der Waals surface area contributed by atoms with Gasteiger partial charge in [0.15, 0.2) is 11.3 Å². The van der Waals surface area contributed by atoms with Crippen LogP contribution in [0.25, 0.3) is 11.0 Å². The van der Waals surface area contributed by atoms with Gasteiger partial charge in [-0.1, -0.05) is 48.6 Å². The molecule has 1 N–H and O–H groups in total. The number of fused-ring (bicyclic) bond motifs is 1. The Morgan fingerprint density at radius 3 is 2.47 bits per heavy atom. The van der Waals surface area contributed by atoms with Crippen molar-refractivity contribution in [3.05, 3.63) is 51.1 Å². The van der Waals surface area contributed by atoms with Gasteiger partial charge in [0.2, 0.25) is 0 Å². The van der Waals surface area contributed by atoms with Crippen molar-refractivity contribution in [3.63, 3.8) is 0 Å². The fraction of sp³-hybridized carbons (Fsp3) is 0.364. The predicted octanol–water partition coefficient (Wildman–Crippen LogP) is 6.20. The summed E-state index contributed by atoms with van der Waals surface area (Å²) in [7, 11) is 0. The monoisotopic (exact) mass is 451 g/mol. The number of aromatic carboxylic acids is 1. The Labute approximate surface area is 184 Å². The first-order valence-corrected chi connectivity index (χ1v) is 10.6. The molecule has 0 radical (unpaired) electrons. The summed E-state index contributed by atoms with van der Waals surface area (Å²) >= 11 is 12.2. The highest BCUT2D eigenvalue weighted by atomic mass is 35.5. The molecule has 0 unspecified atom stereocenters. The lowest BCUT2D eigenvalue weighted by Gasteiger charge is -2.13. The molecule has 0 fully saturated rings. The van der Waals surface area contributed by atoms with Crippen LogP contribution in [0, 0.1) is 0 Å². The van der Waals surface area contributed by atoms with Crippen molar-refractivity contribution in [2.45, 2.75) is 39.5 Å².